The Morgan fingerprint density at radius 2 is 1.65 bits per heavy atom. The van der Waals surface area contributed by atoms with Gasteiger partial charge in [-0.1, -0.05) is 18.2 Å². The Morgan fingerprint density at radius 3 is 2.38 bits per heavy atom. The zero-order chi connectivity index (χ0) is 25.7. The smallest absolute Gasteiger partial charge is 0.275 e. The fraction of sp³-hybridized carbons (Fsp3) is 0.143. The van der Waals surface area contributed by atoms with Crippen molar-refractivity contribution < 1.29 is 33.2 Å². The standard InChI is InChI=1S/C28H21FN2O6/c1-34-22-10-18-19(11-23(22)35-2)27(32)20-13-31(30-12-15-3-6-17(29)7-4-15)28(33)26(20)25(18)16-5-8-21-24(9-16)37-14-36-21/h3-12,32H,13-14H2,1-2H3/b30-12+. The van der Waals surface area contributed by atoms with Crippen molar-refractivity contribution in [2.45, 2.75) is 6.54 Å². The molecule has 2 aliphatic rings. The van der Waals surface area contributed by atoms with Crippen LogP contribution >= 0.6 is 0 Å². The van der Waals surface area contributed by atoms with Crippen molar-refractivity contribution in [1.29, 1.82) is 0 Å². The van der Waals surface area contributed by atoms with E-state index in [1.807, 2.05) is 12.1 Å². The summed E-state index contributed by atoms with van der Waals surface area (Å²) in [4.78, 5) is 13.7. The van der Waals surface area contributed by atoms with Gasteiger partial charge in [-0.05, 0) is 52.9 Å². The summed E-state index contributed by atoms with van der Waals surface area (Å²) in [5.74, 6) is 1.28. The van der Waals surface area contributed by atoms with Gasteiger partial charge in [-0.25, -0.2) is 9.40 Å². The molecule has 0 atom stereocenters. The number of phenolic OH excluding ortho intramolecular Hbond substituents is 1. The highest BCUT2D eigenvalue weighted by atomic mass is 19.1. The minimum Gasteiger partial charge on any atom is -0.507 e. The number of hydrazone groups is 1. The van der Waals surface area contributed by atoms with E-state index in [4.69, 9.17) is 18.9 Å². The molecule has 1 N–H and O–H groups in total. The number of fused-ring (bicyclic) bond motifs is 3. The molecule has 0 aliphatic carbocycles. The molecule has 186 valence electrons. The van der Waals surface area contributed by atoms with Gasteiger partial charge in [0.05, 0.1) is 32.5 Å². The summed E-state index contributed by atoms with van der Waals surface area (Å²) < 4.78 is 35.3. The molecule has 2 heterocycles. The van der Waals surface area contributed by atoms with Gasteiger partial charge in [0.25, 0.3) is 5.91 Å². The van der Waals surface area contributed by atoms with Crippen LogP contribution in [0.15, 0.2) is 59.7 Å². The van der Waals surface area contributed by atoms with Gasteiger partial charge in [-0.3, -0.25) is 4.79 Å². The predicted octanol–water partition coefficient (Wildman–Crippen LogP) is 5.09. The molecule has 0 fully saturated rings. The van der Waals surface area contributed by atoms with Crippen molar-refractivity contribution in [3.8, 4) is 39.9 Å². The van der Waals surface area contributed by atoms with Crippen molar-refractivity contribution in [1.82, 2.24) is 5.01 Å². The quantitative estimate of drug-likeness (QED) is 0.384. The van der Waals surface area contributed by atoms with Gasteiger partial charge in [0, 0.05) is 16.5 Å². The lowest BCUT2D eigenvalue weighted by atomic mass is 9.89. The lowest BCUT2D eigenvalue weighted by Gasteiger charge is -2.17. The van der Waals surface area contributed by atoms with E-state index in [0.29, 0.717) is 61.6 Å². The molecule has 1 amide bonds. The van der Waals surface area contributed by atoms with Crippen LogP contribution in [0, 0.1) is 5.82 Å². The first-order valence-electron chi connectivity index (χ1n) is 11.4. The first kappa shape index (κ1) is 22.7. The Kier molecular flexibility index (Phi) is 5.33. The monoisotopic (exact) mass is 500 g/mol. The molecule has 4 aromatic carbocycles. The van der Waals surface area contributed by atoms with E-state index in [0.717, 1.165) is 0 Å². The van der Waals surface area contributed by atoms with E-state index >= 15 is 0 Å². The van der Waals surface area contributed by atoms with Crippen molar-refractivity contribution in [3.05, 3.63) is 77.1 Å². The molecule has 0 unspecified atom stereocenters. The van der Waals surface area contributed by atoms with Gasteiger partial charge < -0.3 is 24.1 Å². The molecule has 0 bridgehead atoms. The Bertz CT molecular complexity index is 1600. The molecule has 0 spiro atoms. The molecular formula is C28H21FN2O6. The summed E-state index contributed by atoms with van der Waals surface area (Å²) >= 11 is 0. The van der Waals surface area contributed by atoms with Crippen LogP contribution in [0.2, 0.25) is 0 Å². The number of halogens is 1. The Labute approximate surface area is 211 Å². The highest BCUT2D eigenvalue weighted by Crippen LogP contribution is 2.49. The highest BCUT2D eigenvalue weighted by Gasteiger charge is 2.36. The molecule has 2 aliphatic heterocycles. The molecule has 0 radical (unpaired) electrons. The summed E-state index contributed by atoms with van der Waals surface area (Å²) in [6.45, 7) is 0.169. The lowest BCUT2D eigenvalue weighted by Crippen LogP contribution is -2.18. The van der Waals surface area contributed by atoms with E-state index < -0.39 is 0 Å². The van der Waals surface area contributed by atoms with E-state index in [9.17, 15) is 14.3 Å². The molecule has 37 heavy (non-hydrogen) atoms. The van der Waals surface area contributed by atoms with Crippen LogP contribution < -0.4 is 18.9 Å². The fourth-order valence-corrected chi connectivity index (χ4v) is 4.72. The van der Waals surface area contributed by atoms with Gasteiger partial charge in [0.15, 0.2) is 23.0 Å². The molecule has 0 saturated heterocycles. The third-order valence-corrected chi connectivity index (χ3v) is 6.52. The summed E-state index contributed by atoms with van der Waals surface area (Å²) in [7, 11) is 3.04. The van der Waals surface area contributed by atoms with Crippen molar-refractivity contribution in [2.24, 2.45) is 5.10 Å². The SMILES string of the molecule is COc1cc2c(O)c3c(c(-c4ccc5c(c4)OCO5)c2cc1OC)C(=O)N(/N=C/c1ccc(F)cc1)C3. The third kappa shape index (κ3) is 3.67. The van der Waals surface area contributed by atoms with Crippen LogP contribution in [-0.4, -0.2) is 43.2 Å². The zero-order valence-electron chi connectivity index (χ0n) is 19.9. The molecule has 6 rings (SSSR count). The number of rotatable bonds is 5. The van der Waals surface area contributed by atoms with E-state index in [1.165, 1.54) is 37.6 Å². The molecule has 8 nitrogen and oxygen atoms in total. The number of phenols is 1. The third-order valence-electron chi connectivity index (χ3n) is 6.52. The molecular weight excluding hydrogens is 479 g/mol. The summed E-state index contributed by atoms with van der Waals surface area (Å²) in [5, 5.41) is 18.0. The predicted molar refractivity (Wildman–Crippen MR) is 134 cm³/mol. The highest BCUT2D eigenvalue weighted by molar-refractivity contribution is 6.15. The summed E-state index contributed by atoms with van der Waals surface area (Å²) in [6.07, 6.45) is 1.48. The van der Waals surface area contributed by atoms with Crippen molar-refractivity contribution >= 4 is 22.9 Å². The van der Waals surface area contributed by atoms with Gasteiger partial charge in [-0.2, -0.15) is 5.10 Å². The Hall–Kier alpha value is -4.79. The maximum absolute atomic E-state index is 13.7. The number of carbonyl (C=O) groups excluding carboxylic acids is 1. The Balaban J connectivity index is 1.56. The topological polar surface area (TPSA) is 89.8 Å². The number of benzene rings is 4. The maximum atomic E-state index is 13.7. The number of methoxy groups -OCH3 is 2. The zero-order valence-corrected chi connectivity index (χ0v) is 19.9. The Morgan fingerprint density at radius 1 is 0.946 bits per heavy atom. The van der Waals surface area contributed by atoms with Crippen LogP contribution in [0.5, 0.6) is 28.7 Å². The molecule has 0 saturated carbocycles. The minimum atomic E-state index is -0.381. The number of amides is 1. The normalized spacial score (nSPS) is 14.0. The van der Waals surface area contributed by atoms with Gasteiger partial charge in [0.2, 0.25) is 6.79 Å². The van der Waals surface area contributed by atoms with Gasteiger partial charge in [-0.15, -0.1) is 0 Å². The molecule has 0 aromatic heterocycles. The van der Waals surface area contributed by atoms with Crippen LogP contribution in [0.1, 0.15) is 21.5 Å². The lowest BCUT2D eigenvalue weighted by molar-refractivity contribution is 0.0785. The first-order valence-corrected chi connectivity index (χ1v) is 11.4. The number of carbonyl (C=O) groups is 1. The average Bonchev–Trinajstić information content (AvgIpc) is 3.52. The van der Waals surface area contributed by atoms with Crippen molar-refractivity contribution in [3.63, 3.8) is 0 Å². The number of nitrogens with zero attached hydrogens (tertiary/aromatic N) is 2. The van der Waals surface area contributed by atoms with Crippen molar-refractivity contribution in [2.75, 3.05) is 21.0 Å². The second-order valence-electron chi connectivity index (χ2n) is 8.56. The van der Waals surface area contributed by atoms with Gasteiger partial charge in [0.1, 0.15) is 11.6 Å². The van der Waals surface area contributed by atoms with E-state index in [-0.39, 0.29) is 30.8 Å². The maximum Gasteiger partial charge on any atom is 0.275 e. The number of aromatic hydroxyl groups is 1. The van der Waals surface area contributed by atoms with Crippen LogP contribution in [0.4, 0.5) is 4.39 Å². The fourth-order valence-electron chi connectivity index (χ4n) is 4.72. The second-order valence-corrected chi connectivity index (χ2v) is 8.56. The number of hydrogen-bond donors (Lipinski definition) is 1. The van der Waals surface area contributed by atoms with Gasteiger partial charge >= 0.3 is 0 Å². The van der Waals surface area contributed by atoms with Crippen LogP contribution in [-0.2, 0) is 6.54 Å². The number of hydrogen-bond acceptors (Lipinski definition) is 7. The average molecular weight is 500 g/mol. The second kappa shape index (κ2) is 8.70. The summed E-state index contributed by atoms with van der Waals surface area (Å²) in [5.41, 5.74) is 2.70. The van der Waals surface area contributed by atoms with Crippen LogP contribution in [0.25, 0.3) is 21.9 Å². The number of ether oxygens (including phenoxy) is 4. The molecule has 9 heteroatoms. The summed E-state index contributed by atoms with van der Waals surface area (Å²) in [6, 6.07) is 14.6. The first-order chi connectivity index (χ1) is 18.0. The largest absolute Gasteiger partial charge is 0.507 e. The van der Waals surface area contributed by atoms with Crippen LogP contribution in [0.3, 0.4) is 0 Å². The van der Waals surface area contributed by atoms with E-state index in [2.05, 4.69) is 5.10 Å². The minimum absolute atomic E-state index is 0.0386. The molecule has 4 aromatic rings. The van der Waals surface area contributed by atoms with E-state index in [1.54, 1.807) is 30.3 Å².